The Morgan fingerprint density at radius 1 is 1.03 bits per heavy atom. The SMILES string of the molecule is O=C(NC[C@H]1CN(c2ccc(N3CCOCC3=O)cc2)C(=O)O1)Nc1ccc(Cl)cc1. The van der Waals surface area contributed by atoms with E-state index in [1.807, 2.05) is 0 Å². The number of nitrogens with zero attached hydrogens (tertiary/aromatic N) is 2. The molecule has 0 aliphatic carbocycles. The van der Waals surface area contributed by atoms with E-state index >= 15 is 0 Å². The minimum atomic E-state index is -0.486. The maximum Gasteiger partial charge on any atom is 0.414 e. The topological polar surface area (TPSA) is 100 Å². The summed E-state index contributed by atoms with van der Waals surface area (Å²) < 4.78 is 10.5. The fourth-order valence-electron chi connectivity index (χ4n) is 3.36. The summed E-state index contributed by atoms with van der Waals surface area (Å²) in [6, 6.07) is 13.4. The first kappa shape index (κ1) is 21.0. The largest absolute Gasteiger partial charge is 0.442 e. The van der Waals surface area contributed by atoms with Gasteiger partial charge in [0.25, 0.3) is 5.91 Å². The van der Waals surface area contributed by atoms with Crippen molar-refractivity contribution in [2.45, 2.75) is 6.10 Å². The summed E-state index contributed by atoms with van der Waals surface area (Å²) in [4.78, 5) is 39.4. The predicted octanol–water partition coefficient (Wildman–Crippen LogP) is 2.85. The maximum absolute atomic E-state index is 12.3. The second kappa shape index (κ2) is 9.23. The molecule has 2 aromatic carbocycles. The number of ether oxygens (including phenoxy) is 2. The van der Waals surface area contributed by atoms with E-state index in [9.17, 15) is 14.4 Å². The van der Waals surface area contributed by atoms with Crippen molar-refractivity contribution in [1.82, 2.24) is 5.32 Å². The number of halogens is 1. The van der Waals surface area contributed by atoms with Crippen LogP contribution < -0.4 is 20.4 Å². The first-order valence-electron chi connectivity index (χ1n) is 9.76. The molecule has 2 aromatic rings. The molecule has 2 aliphatic heterocycles. The van der Waals surface area contributed by atoms with Crippen molar-refractivity contribution >= 4 is 46.7 Å². The van der Waals surface area contributed by atoms with Gasteiger partial charge in [-0.2, -0.15) is 0 Å². The molecule has 10 heteroatoms. The Morgan fingerprint density at radius 3 is 2.39 bits per heavy atom. The number of cyclic esters (lactones) is 1. The number of morpholine rings is 1. The second-order valence-electron chi connectivity index (χ2n) is 7.07. The molecule has 4 rings (SSSR count). The molecule has 2 saturated heterocycles. The lowest BCUT2D eigenvalue weighted by atomic mass is 10.2. The molecule has 0 unspecified atom stereocenters. The summed E-state index contributed by atoms with van der Waals surface area (Å²) in [6.07, 6.45) is -0.968. The maximum atomic E-state index is 12.3. The highest BCUT2D eigenvalue weighted by molar-refractivity contribution is 6.30. The highest BCUT2D eigenvalue weighted by Crippen LogP contribution is 2.25. The van der Waals surface area contributed by atoms with Gasteiger partial charge in [0, 0.05) is 28.6 Å². The van der Waals surface area contributed by atoms with Crippen molar-refractivity contribution in [3.63, 3.8) is 0 Å². The molecule has 0 bridgehead atoms. The number of hydrogen-bond acceptors (Lipinski definition) is 5. The van der Waals surface area contributed by atoms with Crippen molar-refractivity contribution < 1.29 is 23.9 Å². The van der Waals surface area contributed by atoms with Gasteiger partial charge in [0.05, 0.1) is 19.7 Å². The zero-order chi connectivity index (χ0) is 21.8. The predicted molar refractivity (Wildman–Crippen MR) is 116 cm³/mol. The average Bonchev–Trinajstić information content (AvgIpc) is 3.15. The number of hydrogen-bond donors (Lipinski definition) is 2. The van der Waals surface area contributed by atoms with Crippen LogP contribution in [0.1, 0.15) is 0 Å². The second-order valence-corrected chi connectivity index (χ2v) is 7.51. The lowest BCUT2D eigenvalue weighted by Gasteiger charge is -2.27. The van der Waals surface area contributed by atoms with Gasteiger partial charge in [-0.05, 0) is 48.5 Å². The van der Waals surface area contributed by atoms with E-state index in [0.717, 1.165) is 5.69 Å². The van der Waals surface area contributed by atoms with Crippen LogP contribution in [0.3, 0.4) is 0 Å². The minimum Gasteiger partial charge on any atom is -0.442 e. The Labute approximate surface area is 183 Å². The molecule has 2 fully saturated rings. The van der Waals surface area contributed by atoms with Crippen molar-refractivity contribution in [3.8, 4) is 0 Å². The molecular formula is C21H21ClN4O5. The monoisotopic (exact) mass is 444 g/mol. The van der Waals surface area contributed by atoms with Crippen LogP contribution in [0.25, 0.3) is 0 Å². The minimum absolute atomic E-state index is 0.0699. The van der Waals surface area contributed by atoms with Crippen molar-refractivity contribution in [2.24, 2.45) is 0 Å². The average molecular weight is 445 g/mol. The number of nitrogens with one attached hydrogen (secondary N) is 2. The third kappa shape index (κ3) is 5.07. The smallest absolute Gasteiger partial charge is 0.414 e. The van der Waals surface area contributed by atoms with Crippen molar-refractivity contribution in [3.05, 3.63) is 53.6 Å². The Kier molecular flexibility index (Phi) is 6.24. The summed E-state index contributed by atoms with van der Waals surface area (Å²) >= 11 is 5.82. The van der Waals surface area contributed by atoms with Gasteiger partial charge < -0.3 is 25.0 Å². The summed E-state index contributed by atoms with van der Waals surface area (Å²) in [5.41, 5.74) is 2.01. The van der Waals surface area contributed by atoms with Gasteiger partial charge >= 0.3 is 12.1 Å². The summed E-state index contributed by atoms with van der Waals surface area (Å²) in [6.45, 7) is 1.53. The van der Waals surface area contributed by atoms with Gasteiger partial charge in [-0.1, -0.05) is 11.6 Å². The van der Waals surface area contributed by atoms with Crippen LogP contribution >= 0.6 is 11.6 Å². The van der Waals surface area contributed by atoms with Gasteiger partial charge in [-0.25, -0.2) is 9.59 Å². The van der Waals surface area contributed by atoms with E-state index in [-0.39, 0.29) is 19.1 Å². The van der Waals surface area contributed by atoms with Crippen LogP contribution in [0.4, 0.5) is 26.7 Å². The highest BCUT2D eigenvalue weighted by Gasteiger charge is 2.32. The van der Waals surface area contributed by atoms with Crippen molar-refractivity contribution in [1.29, 1.82) is 0 Å². The fraction of sp³-hybridized carbons (Fsp3) is 0.286. The van der Waals surface area contributed by atoms with Crippen LogP contribution in [0.15, 0.2) is 48.5 Å². The number of carbonyl (C=O) groups is 3. The quantitative estimate of drug-likeness (QED) is 0.738. The fourth-order valence-corrected chi connectivity index (χ4v) is 3.48. The molecule has 2 heterocycles. The number of amides is 4. The molecule has 0 radical (unpaired) electrons. The number of benzene rings is 2. The van der Waals surface area contributed by atoms with Gasteiger partial charge in [0.15, 0.2) is 0 Å². The number of carbonyl (C=O) groups excluding carboxylic acids is 3. The Balaban J connectivity index is 1.30. The lowest BCUT2D eigenvalue weighted by Crippen LogP contribution is -2.41. The molecule has 2 N–H and O–H groups in total. The number of rotatable bonds is 5. The van der Waals surface area contributed by atoms with Gasteiger partial charge in [-0.15, -0.1) is 0 Å². The van der Waals surface area contributed by atoms with Crippen LogP contribution in [0.5, 0.6) is 0 Å². The zero-order valence-corrected chi connectivity index (χ0v) is 17.3. The van der Waals surface area contributed by atoms with Crippen LogP contribution in [-0.4, -0.2) is 57.0 Å². The zero-order valence-electron chi connectivity index (χ0n) is 16.5. The molecule has 162 valence electrons. The molecule has 1 atom stereocenters. The number of anilines is 3. The normalized spacial score (nSPS) is 18.7. The van der Waals surface area contributed by atoms with E-state index in [2.05, 4.69) is 10.6 Å². The standard InChI is InChI=1S/C21H21ClN4O5/c22-14-1-3-15(4-2-14)24-20(28)23-11-18-12-26(21(29)31-18)17-7-5-16(6-8-17)25-9-10-30-13-19(25)27/h1-8,18H,9-13H2,(H2,23,24,28)/t18-/m0/s1. The summed E-state index contributed by atoms with van der Waals surface area (Å²) in [5.74, 6) is -0.0948. The molecule has 31 heavy (non-hydrogen) atoms. The molecule has 4 amide bonds. The third-order valence-electron chi connectivity index (χ3n) is 4.93. The van der Waals surface area contributed by atoms with Crippen LogP contribution in [0, 0.1) is 0 Å². The first-order valence-corrected chi connectivity index (χ1v) is 10.1. The molecule has 0 saturated carbocycles. The Hall–Kier alpha value is -3.30. The van der Waals surface area contributed by atoms with Gasteiger partial charge in [0.2, 0.25) is 0 Å². The number of urea groups is 1. The molecule has 2 aliphatic rings. The van der Waals surface area contributed by atoms with E-state index in [1.165, 1.54) is 4.90 Å². The molecule has 0 spiro atoms. The van der Waals surface area contributed by atoms with Crippen LogP contribution in [-0.2, 0) is 14.3 Å². The third-order valence-corrected chi connectivity index (χ3v) is 5.18. The molecular weight excluding hydrogens is 424 g/mol. The van der Waals surface area contributed by atoms with Crippen LogP contribution in [0.2, 0.25) is 5.02 Å². The molecule has 9 nitrogen and oxygen atoms in total. The summed E-state index contributed by atoms with van der Waals surface area (Å²) in [5, 5.41) is 5.96. The Bertz CT molecular complexity index is 967. The van der Waals surface area contributed by atoms with E-state index in [0.29, 0.717) is 36.1 Å². The van der Waals surface area contributed by atoms with E-state index in [1.54, 1.807) is 53.4 Å². The lowest BCUT2D eigenvalue weighted by molar-refractivity contribution is -0.125. The summed E-state index contributed by atoms with van der Waals surface area (Å²) in [7, 11) is 0. The van der Waals surface area contributed by atoms with E-state index < -0.39 is 18.2 Å². The van der Waals surface area contributed by atoms with E-state index in [4.69, 9.17) is 21.1 Å². The molecule has 0 aromatic heterocycles. The van der Waals surface area contributed by atoms with Crippen molar-refractivity contribution in [2.75, 3.05) is 48.0 Å². The first-order chi connectivity index (χ1) is 15.0. The van der Waals surface area contributed by atoms with Gasteiger partial charge in [-0.3, -0.25) is 9.69 Å². The Morgan fingerprint density at radius 2 is 1.71 bits per heavy atom. The highest BCUT2D eigenvalue weighted by atomic mass is 35.5. The van der Waals surface area contributed by atoms with Gasteiger partial charge in [0.1, 0.15) is 12.7 Å².